The molecule has 3 rings (SSSR count). The number of benzene rings is 1. The molecule has 1 aromatic carbocycles. The molecule has 2 aromatic heterocycles. The molecule has 92 valence electrons. The molecular weight excluding hydrogens is 243 g/mol. The lowest BCUT2D eigenvalue weighted by molar-refractivity contribution is 0.639. The molecule has 0 amide bonds. The average molecular weight is 252 g/mol. The number of aromatic nitrogens is 3. The zero-order valence-electron chi connectivity index (χ0n) is 9.92. The predicted octanol–water partition coefficient (Wildman–Crippen LogP) is 2.49. The van der Waals surface area contributed by atoms with Gasteiger partial charge in [-0.15, -0.1) is 0 Å². The molecule has 3 aromatic rings. The molecule has 0 saturated heterocycles. The summed E-state index contributed by atoms with van der Waals surface area (Å²) in [4.78, 5) is 4.03. The molecule has 0 atom stereocenters. The fourth-order valence-electron chi connectivity index (χ4n) is 2.05. The molecule has 0 spiro atoms. The highest BCUT2D eigenvalue weighted by molar-refractivity contribution is 5.84. The van der Waals surface area contributed by atoms with Gasteiger partial charge in [-0.2, -0.15) is 10.4 Å². The van der Waals surface area contributed by atoms with Crippen molar-refractivity contribution in [2.24, 2.45) is 0 Å². The van der Waals surface area contributed by atoms with E-state index in [1.165, 1.54) is 6.07 Å². The number of fused-ring (bicyclic) bond motifs is 1. The Balaban J connectivity index is 2.15. The van der Waals surface area contributed by atoms with E-state index in [2.05, 4.69) is 10.1 Å². The molecule has 0 bridgehead atoms. The van der Waals surface area contributed by atoms with Crippen LogP contribution in [0.1, 0.15) is 11.3 Å². The highest BCUT2D eigenvalue weighted by atomic mass is 19.1. The number of nitrogens with zero attached hydrogens (tertiary/aromatic N) is 4. The summed E-state index contributed by atoms with van der Waals surface area (Å²) >= 11 is 0. The van der Waals surface area contributed by atoms with Gasteiger partial charge in [-0.1, -0.05) is 12.1 Å². The molecule has 5 heteroatoms. The molecule has 0 fully saturated rings. The third kappa shape index (κ3) is 1.93. The third-order valence-corrected chi connectivity index (χ3v) is 2.89. The van der Waals surface area contributed by atoms with Crippen LogP contribution in [0.4, 0.5) is 4.39 Å². The van der Waals surface area contributed by atoms with Crippen LogP contribution in [0.5, 0.6) is 0 Å². The topological polar surface area (TPSA) is 54.5 Å². The van der Waals surface area contributed by atoms with Crippen molar-refractivity contribution in [3.8, 4) is 6.07 Å². The number of hydrogen-bond donors (Lipinski definition) is 0. The van der Waals surface area contributed by atoms with Crippen molar-refractivity contribution >= 4 is 10.9 Å². The van der Waals surface area contributed by atoms with Crippen LogP contribution in [0.3, 0.4) is 0 Å². The Morgan fingerprint density at radius 2 is 2.16 bits per heavy atom. The maximum absolute atomic E-state index is 13.8. The van der Waals surface area contributed by atoms with Crippen molar-refractivity contribution in [3.05, 3.63) is 59.8 Å². The Kier molecular flexibility index (Phi) is 2.69. The second kappa shape index (κ2) is 4.50. The van der Waals surface area contributed by atoms with E-state index < -0.39 is 5.82 Å². The minimum Gasteiger partial charge on any atom is -0.264 e. The lowest BCUT2D eigenvalue weighted by Crippen LogP contribution is -2.02. The zero-order valence-corrected chi connectivity index (χ0v) is 9.92. The smallest absolute Gasteiger partial charge is 0.173 e. The molecule has 0 N–H and O–H groups in total. The van der Waals surface area contributed by atoms with Crippen LogP contribution in [0.15, 0.2) is 42.7 Å². The normalized spacial score (nSPS) is 10.5. The summed E-state index contributed by atoms with van der Waals surface area (Å²) in [6.07, 6.45) is 3.41. The SMILES string of the molecule is N#Cc1nn(Cc2cccnc2)c2cccc(F)c12. The molecule has 0 radical (unpaired) electrons. The first-order valence-electron chi connectivity index (χ1n) is 5.73. The summed E-state index contributed by atoms with van der Waals surface area (Å²) in [7, 11) is 0. The summed E-state index contributed by atoms with van der Waals surface area (Å²) in [6, 6.07) is 10.4. The van der Waals surface area contributed by atoms with E-state index >= 15 is 0 Å². The number of halogens is 1. The van der Waals surface area contributed by atoms with Crippen molar-refractivity contribution in [2.45, 2.75) is 6.54 Å². The summed E-state index contributed by atoms with van der Waals surface area (Å²) < 4.78 is 15.4. The standard InChI is InChI=1S/C14H9FN4/c15-11-4-1-5-13-14(11)12(7-16)18-19(13)9-10-3-2-6-17-8-10/h1-6,8H,9H2. The molecule has 0 aliphatic carbocycles. The van der Waals surface area contributed by atoms with Crippen LogP contribution in [0.25, 0.3) is 10.9 Å². The van der Waals surface area contributed by atoms with E-state index in [0.29, 0.717) is 12.1 Å². The van der Waals surface area contributed by atoms with E-state index in [1.807, 2.05) is 18.2 Å². The van der Waals surface area contributed by atoms with Gasteiger partial charge in [0.1, 0.15) is 11.9 Å². The Bertz CT molecular complexity index is 771. The Morgan fingerprint density at radius 3 is 2.89 bits per heavy atom. The van der Waals surface area contributed by atoms with E-state index in [-0.39, 0.29) is 11.1 Å². The number of rotatable bonds is 2. The summed E-state index contributed by atoms with van der Waals surface area (Å²) in [6.45, 7) is 0.454. The van der Waals surface area contributed by atoms with E-state index in [0.717, 1.165) is 5.56 Å². The van der Waals surface area contributed by atoms with Crippen molar-refractivity contribution in [2.75, 3.05) is 0 Å². The van der Waals surface area contributed by atoms with Crippen molar-refractivity contribution < 1.29 is 4.39 Å². The van der Waals surface area contributed by atoms with Gasteiger partial charge in [0.25, 0.3) is 0 Å². The molecular formula is C14H9FN4. The third-order valence-electron chi connectivity index (χ3n) is 2.89. The number of hydrogen-bond acceptors (Lipinski definition) is 3. The first-order valence-corrected chi connectivity index (χ1v) is 5.73. The second-order valence-corrected chi connectivity index (χ2v) is 4.11. The molecule has 19 heavy (non-hydrogen) atoms. The van der Waals surface area contributed by atoms with Crippen LogP contribution in [0.2, 0.25) is 0 Å². The molecule has 2 heterocycles. The average Bonchev–Trinajstić information content (AvgIpc) is 2.80. The maximum Gasteiger partial charge on any atom is 0.173 e. The van der Waals surface area contributed by atoms with Crippen molar-refractivity contribution in [3.63, 3.8) is 0 Å². The van der Waals surface area contributed by atoms with Crippen LogP contribution < -0.4 is 0 Å². The summed E-state index contributed by atoms with van der Waals surface area (Å²) in [5.74, 6) is -0.425. The van der Waals surface area contributed by atoms with Crippen LogP contribution >= 0.6 is 0 Å². The minimum absolute atomic E-state index is 0.108. The quantitative estimate of drug-likeness (QED) is 0.704. The van der Waals surface area contributed by atoms with Crippen molar-refractivity contribution in [1.29, 1.82) is 5.26 Å². The van der Waals surface area contributed by atoms with E-state index in [1.54, 1.807) is 29.2 Å². The summed E-state index contributed by atoms with van der Waals surface area (Å²) in [5, 5.41) is 13.5. The lowest BCUT2D eigenvalue weighted by atomic mass is 10.2. The van der Waals surface area contributed by atoms with Gasteiger partial charge in [0.2, 0.25) is 0 Å². The van der Waals surface area contributed by atoms with Crippen molar-refractivity contribution in [1.82, 2.24) is 14.8 Å². The summed E-state index contributed by atoms with van der Waals surface area (Å²) in [5.41, 5.74) is 1.66. The van der Waals surface area contributed by atoms with Gasteiger partial charge in [0.05, 0.1) is 17.4 Å². The molecule has 0 aliphatic heterocycles. The predicted molar refractivity (Wildman–Crippen MR) is 67.7 cm³/mol. The van der Waals surface area contributed by atoms with Crippen LogP contribution in [-0.4, -0.2) is 14.8 Å². The van der Waals surface area contributed by atoms with Crippen LogP contribution in [0, 0.1) is 17.1 Å². The fourth-order valence-corrected chi connectivity index (χ4v) is 2.05. The molecule has 0 saturated carbocycles. The molecule has 0 unspecified atom stereocenters. The first-order chi connectivity index (χ1) is 9.29. The number of nitriles is 1. The van der Waals surface area contributed by atoms with Gasteiger partial charge in [-0.05, 0) is 23.8 Å². The minimum atomic E-state index is -0.425. The first kappa shape index (κ1) is 11.4. The second-order valence-electron chi connectivity index (χ2n) is 4.11. The van der Waals surface area contributed by atoms with Gasteiger partial charge in [-0.25, -0.2) is 4.39 Å². The highest BCUT2D eigenvalue weighted by Gasteiger charge is 2.14. The Hall–Kier alpha value is -2.74. The maximum atomic E-state index is 13.8. The van der Waals surface area contributed by atoms with Gasteiger partial charge >= 0.3 is 0 Å². The van der Waals surface area contributed by atoms with Gasteiger partial charge < -0.3 is 0 Å². The fraction of sp³-hybridized carbons (Fsp3) is 0.0714. The number of pyridine rings is 1. The van der Waals surface area contributed by atoms with Gasteiger partial charge in [0, 0.05) is 12.4 Å². The Morgan fingerprint density at radius 1 is 1.26 bits per heavy atom. The highest BCUT2D eigenvalue weighted by Crippen LogP contribution is 2.22. The van der Waals surface area contributed by atoms with E-state index in [9.17, 15) is 4.39 Å². The van der Waals surface area contributed by atoms with E-state index in [4.69, 9.17) is 5.26 Å². The largest absolute Gasteiger partial charge is 0.264 e. The van der Waals surface area contributed by atoms with Gasteiger partial charge in [0.15, 0.2) is 5.69 Å². The zero-order chi connectivity index (χ0) is 13.2. The Labute approximate surface area is 108 Å². The molecule has 4 nitrogen and oxygen atoms in total. The molecule has 0 aliphatic rings. The van der Waals surface area contributed by atoms with Gasteiger partial charge in [-0.3, -0.25) is 9.67 Å². The lowest BCUT2D eigenvalue weighted by Gasteiger charge is -2.02. The van der Waals surface area contributed by atoms with Crippen LogP contribution in [-0.2, 0) is 6.54 Å². The monoisotopic (exact) mass is 252 g/mol.